The van der Waals surface area contributed by atoms with Crippen LogP contribution in [0.3, 0.4) is 0 Å². The first-order valence-electron chi connectivity index (χ1n) is 6.88. The van der Waals surface area contributed by atoms with Gasteiger partial charge >= 0.3 is 6.03 Å². The highest BCUT2D eigenvalue weighted by Crippen LogP contribution is 2.30. The second-order valence-electron chi connectivity index (χ2n) is 5.31. The Labute approximate surface area is 123 Å². The Bertz CT molecular complexity index is 488. The minimum absolute atomic E-state index is 0.0000156. The molecule has 116 valence electrons. The fourth-order valence-corrected chi connectivity index (χ4v) is 2.77. The highest BCUT2D eigenvalue weighted by Gasteiger charge is 2.36. The van der Waals surface area contributed by atoms with Crippen molar-refractivity contribution in [2.75, 3.05) is 21.3 Å². The van der Waals surface area contributed by atoms with Gasteiger partial charge in [0.25, 0.3) is 11.8 Å². The second-order valence-corrected chi connectivity index (χ2v) is 5.31. The molecule has 2 aliphatic rings. The van der Waals surface area contributed by atoms with Crippen molar-refractivity contribution in [3.8, 4) is 0 Å². The molecule has 3 unspecified atom stereocenters. The van der Waals surface area contributed by atoms with E-state index < -0.39 is 17.8 Å². The predicted octanol–water partition coefficient (Wildman–Crippen LogP) is 0.451. The van der Waals surface area contributed by atoms with Crippen molar-refractivity contribution in [1.29, 1.82) is 0 Å². The van der Waals surface area contributed by atoms with Gasteiger partial charge in [-0.3, -0.25) is 19.8 Å². The molecule has 0 aromatic rings. The zero-order valence-corrected chi connectivity index (χ0v) is 12.4. The van der Waals surface area contributed by atoms with E-state index in [4.69, 9.17) is 9.47 Å². The molecule has 7 heteroatoms. The number of imide groups is 2. The maximum atomic E-state index is 12.0. The monoisotopic (exact) mass is 296 g/mol. The topological polar surface area (TPSA) is 84.9 Å². The van der Waals surface area contributed by atoms with Crippen LogP contribution < -0.4 is 5.32 Å². The van der Waals surface area contributed by atoms with Gasteiger partial charge in [-0.05, 0) is 12.8 Å². The number of barbiturate groups is 1. The summed E-state index contributed by atoms with van der Waals surface area (Å²) in [6, 6.07) is -0.700. The van der Waals surface area contributed by atoms with Crippen molar-refractivity contribution in [2.24, 2.45) is 5.92 Å². The molecule has 0 aromatic carbocycles. The first-order valence-corrected chi connectivity index (χ1v) is 6.88. The summed E-state index contributed by atoms with van der Waals surface area (Å²) in [5.41, 5.74) is 0.0000156. The van der Waals surface area contributed by atoms with Gasteiger partial charge in [0, 0.05) is 33.6 Å². The van der Waals surface area contributed by atoms with Gasteiger partial charge in [0.1, 0.15) is 5.57 Å². The third-order valence-electron chi connectivity index (χ3n) is 4.12. The Morgan fingerprint density at radius 1 is 1.19 bits per heavy atom. The lowest BCUT2D eigenvalue weighted by Gasteiger charge is -2.34. The molecular formula is C14H20N2O5. The van der Waals surface area contributed by atoms with E-state index in [0.29, 0.717) is 6.42 Å². The Balaban J connectivity index is 2.19. The largest absolute Gasteiger partial charge is 0.381 e. The number of urea groups is 1. The summed E-state index contributed by atoms with van der Waals surface area (Å²) in [6.45, 7) is 0. The van der Waals surface area contributed by atoms with E-state index in [1.807, 2.05) is 0 Å². The van der Waals surface area contributed by atoms with Crippen molar-refractivity contribution >= 4 is 17.8 Å². The summed E-state index contributed by atoms with van der Waals surface area (Å²) in [6.07, 6.45) is 3.96. The number of carbonyl (C=O) groups excluding carboxylic acids is 3. The fourth-order valence-electron chi connectivity index (χ4n) is 2.77. The number of rotatable bonds is 3. The maximum absolute atomic E-state index is 12.0. The minimum Gasteiger partial charge on any atom is -0.381 e. The number of hydrogen-bond donors (Lipinski definition) is 1. The molecule has 0 aromatic heterocycles. The molecule has 1 aliphatic heterocycles. The fraction of sp³-hybridized carbons (Fsp3) is 0.643. The van der Waals surface area contributed by atoms with E-state index in [1.54, 1.807) is 20.3 Å². The van der Waals surface area contributed by atoms with Gasteiger partial charge in [0.15, 0.2) is 0 Å². The molecule has 0 bridgehead atoms. The van der Waals surface area contributed by atoms with E-state index in [0.717, 1.165) is 17.7 Å². The number of methoxy groups -OCH3 is 2. The summed E-state index contributed by atoms with van der Waals surface area (Å²) in [5.74, 6) is -1.27. The smallest absolute Gasteiger partial charge is 0.331 e. The Morgan fingerprint density at radius 2 is 1.90 bits per heavy atom. The van der Waals surface area contributed by atoms with Crippen LogP contribution >= 0.6 is 0 Å². The number of nitrogens with zero attached hydrogens (tertiary/aromatic N) is 1. The SMILES string of the molecule is COC1CCC(/C=C2\C(=O)NC(=O)N(C)C2=O)C(OC)C1. The number of carbonyl (C=O) groups is 3. The van der Waals surface area contributed by atoms with Gasteiger partial charge in [0.05, 0.1) is 12.2 Å². The van der Waals surface area contributed by atoms with Crippen LogP contribution in [0.2, 0.25) is 0 Å². The zero-order valence-electron chi connectivity index (χ0n) is 12.4. The lowest BCUT2D eigenvalue weighted by atomic mass is 9.83. The van der Waals surface area contributed by atoms with Crippen LogP contribution in [0.4, 0.5) is 4.79 Å². The number of likely N-dealkylation sites (N-methyl/N-ethyl adjacent to an activating group) is 1. The van der Waals surface area contributed by atoms with Gasteiger partial charge in [-0.25, -0.2) is 4.79 Å². The third kappa shape index (κ3) is 3.14. The van der Waals surface area contributed by atoms with Crippen LogP contribution in [0.15, 0.2) is 11.6 Å². The highest BCUT2D eigenvalue weighted by molar-refractivity contribution is 6.28. The number of ether oxygens (including phenoxy) is 2. The quantitative estimate of drug-likeness (QED) is 0.604. The van der Waals surface area contributed by atoms with Gasteiger partial charge in [-0.1, -0.05) is 6.08 Å². The van der Waals surface area contributed by atoms with Crippen molar-refractivity contribution in [3.05, 3.63) is 11.6 Å². The van der Waals surface area contributed by atoms with E-state index in [9.17, 15) is 14.4 Å². The van der Waals surface area contributed by atoms with Gasteiger partial charge in [-0.15, -0.1) is 0 Å². The standard InChI is InChI=1S/C14H20N2O5/c1-16-13(18)10(12(17)15-14(16)19)6-8-4-5-9(20-2)7-11(8)21-3/h6,8-9,11H,4-5,7H2,1-3H3,(H,15,17,19)/b10-6+. The molecule has 1 saturated carbocycles. The average molecular weight is 296 g/mol. The van der Waals surface area contributed by atoms with Crippen molar-refractivity contribution in [1.82, 2.24) is 10.2 Å². The lowest BCUT2D eigenvalue weighted by molar-refractivity contribution is -0.129. The molecule has 0 radical (unpaired) electrons. The van der Waals surface area contributed by atoms with Crippen LogP contribution in [0, 0.1) is 5.92 Å². The number of nitrogens with one attached hydrogen (secondary N) is 1. The summed E-state index contributed by atoms with van der Waals surface area (Å²) in [4.78, 5) is 36.1. The summed E-state index contributed by atoms with van der Waals surface area (Å²) >= 11 is 0. The van der Waals surface area contributed by atoms with Gasteiger partial charge < -0.3 is 9.47 Å². The molecule has 1 saturated heterocycles. The van der Waals surface area contributed by atoms with Crippen molar-refractivity contribution in [3.63, 3.8) is 0 Å². The van der Waals surface area contributed by atoms with Crippen LogP contribution in [-0.2, 0) is 19.1 Å². The average Bonchev–Trinajstić information content (AvgIpc) is 2.49. The summed E-state index contributed by atoms with van der Waals surface area (Å²) in [5, 5.41) is 2.15. The maximum Gasteiger partial charge on any atom is 0.331 e. The normalized spacial score (nSPS) is 32.5. The summed E-state index contributed by atoms with van der Waals surface area (Å²) in [7, 11) is 4.61. The lowest BCUT2D eigenvalue weighted by Crippen LogP contribution is -2.52. The van der Waals surface area contributed by atoms with E-state index in [1.165, 1.54) is 7.05 Å². The van der Waals surface area contributed by atoms with Crippen LogP contribution in [0.1, 0.15) is 19.3 Å². The Kier molecular flexibility index (Phi) is 4.74. The first kappa shape index (κ1) is 15.7. The molecule has 2 rings (SSSR count). The van der Waals surface area contributed by atoms with E-state index >= 15 is 0 Å². The molecule has 4 amide bonds. The van der Waals surface area contributed by atoms with Crippen LogP contribution in [0.5, 0.6) is 0 Å². The molecule has 3 atom stereocenters. The van der Waals surface area contributed by atoms with Crippen molar-refractivity contribution in [2.45, 2.75) is 31.5 Å². The Hall–Kier alpha value is -1.73. The molecule has 21 heavy (non-hydrogen) atoms. The van der Waals surface area contributed by atoms with Gasteiger partial charge in [-0.2, -0.15) is 0 Å². The number of amides is 4. The molecule has 1 aliphatic carbocycles. The Morgan fingerprint density at radius 3 is 2.52 bits per heavy atom. The highest BCUT2D eigenvalue weighted by atomic mass is 16.5. The number of hydrogen-bond acceptors (Lipinski definition) is 5. The van der Waals surface area contributed by atoms with E-state index in [2.05, 4.69) is 5.32 Å². The second kappa shape index (κ2) is 6.36. The molecule has 0 spiro atoms. The molecule has 2 fully saturated rings. The first-order chi connectivity index (χ1) is 9.97. The van der Waals surface area contributed by atoms with Gasteiger partial charge in [0.2, 0.25) is 0 Å². The summed E-state index contributed by atoms with van der Waals surface area (Å²) < 4.78 is 10.8. The molecule has 7 nitrogen and oxygen atoms in total. The van der Waals surface area contributed by atoms with Crippen LogP contribution in [0.25, 0.3) is 0 Å². The third-order valence-corrected chi connectivity index (χ3v) is 4.12. The zero-order chi connectivity index (χ0) is 15.6. The predicted molar refractivity (Wildman–Crippen MR) is 73.3 cm³/mol. The molecular weight excluding hydrogens is 276 g/mol. The minimum atomic E-state index is -0.700. The molecule has 1 heterocycles. The van der Waals surface area contributed by atoms with E-state index in [-0.39, 0.29) is 23.7 Å². The van der Waals surface area contributed by atoms with Crippen LogP contribution in [-0.4, -0.2) is 56.2 Å². The molecule has 1 N–H and O–H groups in total. The van der Waals surface area contributed by atoms with Crippen molar-refractivity contribution < 1.29 is 23.9 Å².